The second-order valence-electron chi connectivity index (χ2n) is 9.48. The Balaban J connectivity index is 1.40. The van der Waals surface area contributed by atoms with Crippen LogP contribution >= 0.6 is 0 Å². The maximum Gasteiger partial charge on any atom is 0.261 e. The van der Waals surface area contributed by atoms with Crippen molar-refractivity contribution < 1.29 is 26.4 Å². The zero-order valence-corrected chi connectivity index (χ0v) is 24.5. The summed E-state index contributed by atoms with van der Waals surface area (Å²) in [4.78, 5) is 12.8. The van der Waals surface area contributed by atoms with E-state index in [9.17, 15) is 21.6 Å². The Morgan fingerprint density at radius 3 is 1.98 bits per heavy atom. The Bertz CT molecular complexity index is 1700. The molecular weight excluding hydrogens is 562 g/mol. The number of amides is 1. The Morgan fingerprint density at radius 1 is 0.780 bits per heavy atom. The van der Waals surface area contributed by atoms with E-state index in [0.717, 1.165) is 27.3 Å². The van der Waals surface area contributed by atoms with Gasteiger partial charge in [-0.2, -0.15) is 0 Å². The van der Waals surface area contributed by atoms with Gasteiger partial charge in [0.1, 0.15) is 18.9 Å². The number of para-hydroxylation sites is 1. The van der Waals surface area contributed by atoms with Crippen LogP contribution in [0.5, 0.6) is 5.75 Å². The van der Waals surface area contributed by atoms with Crippen LogP contribution in [0.25, 0.3) is 0 Å². The van der Waals surface area contributed by atoms with Crippen molar-refractivity contribution >= 4 is 43.0 Å². The number of hydrogen-bond donors (Lipinski definition) is 2. The van der Waals surface area contributed by atoms with Gasteiger partial charge in [0.15, 0.2) is 0 Å². The molecule has 0 aliphatic heterocycles. The second-order valence-corrected chi connectivity index (χ2v) is 13.1. The molecule has 0 fully saturated rings. The molecule has 0 saturated carbocycles. The van der Waals surface area contributed by atoms with Crippen molar-refractivity contribution in [3.05, 3.63) is 114 Å². The van der Waals surface area contributed by atoms with Crippen LogP contribution in [0.15, 0.2) is 102 Å². The van der Waals surface area contributed by atoms with E-state index in [2.05, 4.69) is 10.0 Å². The monoisotopic (exact) mass is 593 g/mol. The van der Waals surface area contributed by atoms with Crippen molar-refractivity contribution in [3.63, 3.8) is 0 Å². The zero-order valence-electron chi connectivity index (χ0n) is 22.9. The highest BCUT2D eigenvalue weighted by molar-refractivity contribution is 7.92. The lowest BCUT2D eigenvalue weighted by molar-refractivity contribution is -0.114. The number of ether oxygens (including phenoxy) is 1. The first-order chi connectivity index (χ1) is 19.4. The van der Waals surface area contributed by atoms with Crippen LogP contribution in [0.1, 0.15) is 16.7 Å². The third kappa shape index (κ3) is 7.86. The van der Waals surface area contributed by atoms with Gasteiger partial charge in [0, 0.05) is 5.69 Å². The molecule has 9 nitrogen and oxygen atoms in total. The average molecular weight is 594 g/mol. The third-order valence-corrected chi connectivity index (χ3v) is 8.73. The maximum atomic E-state index is 12.9. The summed E-state index contributed by atoms with van der Waals surface area (Å²) in [7, 11) is -7.65. The van der Waals surface area contributed by atoms with E-state index in [1.807, 2.05) is 62.4 Å². The van der Waals surface area contributed by atoms with Crippen molar-refractivity contribution in [2.45, 2.75) is 25.3 Å². The van der Waals surface area contributed by atoms with Crippen molar-refractivity contribution in [2.75, 3.05) is 27.1 Å². The van der Waals surface area contributed by atoms with Crippen molar-refractivity contribution in [1.82, 2.24) is 0 Å². The molecule has 0 bridgehead atoms. The quantitative estimate of drug-likeness (QED) is 0.250. The highest BCUT2D eigenvalue weighted by Gasteiger charge is 2.22. The van der Waals surface area contributed by atoms with Crippen LogP contribution in [0.2, 0.25) is 0 Å². The molecule has 0 aliphatic carbocycles. The van der Waals surface area contributed by atoms with Crippen LogP contribution in [0, 0.1) is 13.8 Å². The van der Waals surface area contributed by atoms with Crippen LogP contribution in [0.3, 0.4) is 0 Å². The summed E-state index contributed by atoms with van der Waals surface area (Å²) < 4.78 is 60.2. The predicted octanol–water partition coefficient (Wildman–Crippen LogP) is 5.09. The van der Waals surface area contributed by atoms with Gasteiger partial charge in [0.05, 0.1) is 22.5 Å². The van der Waals surface area contributed by atoms with Gasteiger partial charge in [0.25, 0.3) is 10.0 Å². The fraction of sp³-hybridized carbons (Fsp3) is 0.167. The Kier molecular flexibility index (Phi) is 8.99. The molecule has 0 unspecified atom stereocenters. The van der Waals surface area contributed by atoms with E-state index >= 15 is 0 Å². The number of sulfonamides is 2. The second kappa shape index (κ2) is 12.4. The summed E-state index contributed by atoms with van der Waals surface area (Å²) in [5.41, 5.74) is 3.72. The molecule has 0 radical (unpaired) electrons. The van der Waals surface area contributed by atoms with E-state index in [-0.39, 0.29) is 4.90 Å². The average Bonchev–Trinajstić information content (AvgIpc) is 2.93. The number of anilines is 3. The van der Waals surface area contributed by atoms with Crippen LogP contribution in [-0.2, 0) is 31.4 Å². The molecule has 2 N–H and O–H groups in total. The van der Waals surface area contributed by atoms with Gasteiger partial charge in [-0.15, -0.1) is 0 Å². The first-order valence-corrected chi connectivity index (χ1v) is 16.0. The lowest BCUT2D eigenvalue weighted by atomic mass is 10.1. The normalized spacial score (nSPS) is 11.5. The number of hydrogen-bond acceptors (Lipinski definition) is 6. The molecule has 41 heavy (non-hydrogen) atoms. The zero-order chi connectivity index (χ0) is 29.6. The van der Waals surface area contributed by atoms with Crippen LogP contribution < -0.4 is 19.1 Å². The summed E-state index contributed by atoms with van der Waals surface area (Å²) in [5, 5.41) is 2.63. The van der Waals surface area contributed by atoms with Crippen molar-refractivity contribution in [1.29, 1.82) is 0 Å². The molecule has 0 spiro atoms. The van der Waals surface area contributed by atoms with Crippen LogP contribution in [-0.4, -0.2) is 35.5 Å². The molecule has 0 aliphatic rings. The summed E-state index contributed by atoms with van der Waals surface area (Å²) in [5.74, 6) is -0.0401. The fourth-order valence-electron chi connectivity index (χ4n) is 4.07. The number of nitrogens with zero attached hydrogens (tertiary/aromatic N) is 1. The maximum absolute atomic E-state index is 12.9. The highest BCUT2D eigenvalue weighted by Crippen LogP contribution is 2.25. The molecule has 0 atom stereocenters. The first kappa shape index (κ1) is 29.6. The SMILES string of the molecule is Cc1cccc(C)c1NS(=O)(=O)c1ccc(NC(=O)CN(c2ccc(OCc3ccccc3)cc2)S(C)(=O)=O)cc1. The summed E-state index contributed by atoms with van der Waals surface area (Å²) in [6.07, 6.45) is 1.02. The predicted molar refractivity (Wildman–Crippen MR) is 161 cm³/mol. The molecule has 4 rings (SSSR count). The third-order valence-electron chi connectivity index (χ3n) is 6.23. The van der Waals surface area contributed by atoms with Gasteiger partial charge in [-0.1, -0.05) is 48.5 Å². The van der Waals surface area contributed by atoms with E-state index < -0.39 is 32.5 Å². The topological polar surface area (TPSA) is 122 Å². The highest BCUT2D eigenvalue weighted by atomic mass is 32.2. The van der Waals surface area contributed by atoms with E-state index in [4.69, 9.17) is 4.74 Å². The number of carbonyl (C=O) groups excluding carboxylic acids is 1. The molecule has 4 aromatic rings. The lowest BCUT2D eigenvalue weighted by Crippen LogP contribution is -2.37. The molecular formula is C30H31N3O6S2. The fourth-order valence-corrected chi connectivity index (χ4v) is 6.13. The van der Waals surface area contributed by atoms with Gasteiger partial charge >= 0.3 is 0 Å². The number of benzene rings is 4. The van der Waals surface area contributed by atoms with Gasteiger partial charge in [-0.3, -0.25) is 13.8 Å². The van der Waals surface area contributed by atoms with Gasteiger partial charge in [-0.25, -0.2) is 16.8 Å². The molecule has 4 aromatic carbocycles. The minimum Gasteiger partial charge on any atom is -0.489 e. The minimum atomic E-state index is -3.86. The Labute approximate surface area is 240 Å². The molecule has 214 valence electrons. The molecule has 0 heterocycles. The van der Waals surface area contributed by atoms with Crippen LogP contribution in [0.4, 0.5) is 17.1 Å². The number of rotatable bonds is 11. The Morgan fingerprint density at radius 2 is 1.39 bits per heavy atom. The van der Waals surface area contributed by atoms with Gasteiger partial charge < -0.3 is 10.1 Å². The van der Waals surface area contributed by atoms with Crippen molar-refractivity contribution in [2.24, 2.45) is 0 Å². The van der Waals surface area contributed by atoms with E-state index in [1.54, 1.807) is 24.3 Å². The molecule has 11 heteroatoms. The van der Waals surface area contributed by atoms with E-state index in [0.29, 0.717) is 29.4 Å². The van der Waals surface area contributed by atoms with E-state index in [1.165, 1.54) is 24.3 Å². The summed E-state index contributed by atoms with van der Waals surface area (Å²) in [6, 6.07) is 27.1. The standard InChI is InChI=1S/C30H31N3O6S2/c1-22-8-7-9-23(2)30(22)32-41(37,38)28-18-12-25(13-19-28)31-29(34)20-33(40(3,35)36)26-14-16-27(17-15-26)39-21-24-10-5-4-6-11-24/h4-19,32H,20-21H2,1-3H3,(H,31,34). The first-order valence-electron chi connectivity index (χ1n) is 12.7. The lowest BCUT2D eigenvalue weighted by Gasteiger charge is -2.22. The van der Waals surface area contributed by atoms with Gasteiger partial charge in [0.2, 0.25) is 15.9 Å². The Hall–Kier alpha value is -4.35. The summed E-state index contributed by atoms with van der Waals surface area (Å²) >= 11 is 0. The number of nitrogens with one attached hydrogen (secondary N) is 2. The molecule has 0 aromatic heterocycles. The molecule has 0 saturated heterocycles. The molecule has 1 amide bonds. The number of aryl methyl sites for hydroxylation is 2. The smallest absolute Gasteiger partial charge is 0.261 e. The largest absolute Gasteiger partial charge is 0.489 e. The van der Waals surface area contributed by atoms with Gasteiger partial charge in [-0.05, 0) is 79.1 Å². The summed E-state index contributed by atoms with van der Waals surface area (Å²) in [6.45, 7) is 3.52. The number of carbonyl (C=O) groups is 1. The van der Waals surface area contributed by atoms with Crippen molar-refractivity contribution in [3.8, 4) is 5.75 Å². The minimum absolute atomic E-state index is 0.0190.